The van der Waals surface area contributed by atoms with Gasteiger partial charge in [0.05, 0.1) is 4.91 Å². The molecule has 6 heteroatoms. The Hall–Kier alpha value is -1.08. The Labute approximate surface area is 157 Å². The van der Waals surface area contributed by atoms with Gasteiger partial charge in [0, 0.05) is 15.1 Å². The molecule has 1 fully saturated rings. The van der Waals surface area contributed by atoms with Gasteiger partial charge < -0.3 is 5.32 Å². The Morgan fingerprint density at radius 2 is 1.91 bits per heavy atom. The van der Waals surface area contributed by atoms with Crippen molar-refractivity contribution < 1.29 is 4.79 Å². The summed E-state index contributed by atoms with van der Waals surface area (Å²) in [7, 11) is 0. The minimum atomic E-state index is -0.120. The number of carbonyl (C=O) groups excluding carboxylic acids is 1. The van der Waals surface area contributed by atoms with Crippen molar-refractivity contribution in [3.63, 3.8) is 0 Å². The highest BCUT2D eigenvalue weighted by Crippen LogP contribution is 2.32. The molecule has 2 nitrogen and oxygen atoms in total. The molecular formula is C17H12BrNOS3. The summed E-state index contributed by atoms with van der Waals surface area (Å²) in [6, 6.07) is 16.3. The highest BCUT2D eigenvalue weighted by molar-refractivity contribution is 9.10. The monoisotopic (exact) mass is 421 g/mol. The molecule has 0 bridgehead atoms. The second-order valence-electron chi connectivity index (χ2n) is 4.77. The predicted molar refractivity (Wildman–Crippen MR) is 106 cm³/mol. The summed E-state index contributed by atoms with van der Waals surface area (Å²) >= 11 is 11.7. The van der Waals surface area contributed by atoms with E-state index in [2.05, 4.69) is 33.4 Å². The van der Waals surface area contributed by atoms with Crippen molar-refractivity contribution in [2.75, 3.05) is 0 Å². The van der Waals surface area contributed by atoms with E-state index in [1.165, 1.54) is 17.3 Å². The van der Waals surface area contributed by atoms with Gasteiger partial charge >= 0.3 is 0 Å². The van der Waals surface area contributed by atoms with Crippen molar-refractivity contribution in [3.05, 3.63) is 69.0 Å². The lowest BCUT2D eigenvalue weighted by atomic mass is 10.2. The molecule has 1 aliphatic heterocycles. The minimum absolute atomic E-state index is 0.120. The highest BCUT2D eigenvalue weighted by Gasteiger charge is 2.22. The Kier molecular flexibility index (Phi) is 5.58. The van der Waals surface area contributed by atoms with Gasteiger partial charge in [-0.05, 0) is 29.3 Å². The molecule has 0 atom stereocenters. The topological polar surface area (TPSA) is 29.1 Å². The van der Waals surface area contributed by atoms with Gasteiger partial charge in [0.2, 0.25) is 0 Å². The highest BCUT2D eigenvalue weighted by atomic mass is 79.9. The molecule has 23 heavy (non-hydrogen) atoms. The van der Waals surface area contributed by atoms with Crippen LogP contribution in [0, 0.1) is 0 Å². The minimum Gasteiger partial charge on any atom is -0.307 e. The van der Waals surface area contributed by atoms with Gasteiger partial charge in [-0.1, -0.05) is 76.3 Å². The molecule has 0 aromatic heterocycles. The first-order chi connectivity index (χ1) is 11.1. The average molecular weight is 422 g/mol. The summed E-state index contributed by atoms with van der Waals surface area (Å²) in [5.41, 5.74) is 2.28. The van der Waals surface area contributed by atoms with E-state index in [4.69, 9.17) is 12.2 Å². The Morgan fingerprint density at radius 3 is 2.65 bits per heavy atom. The Bertz CT molecular complexity index is 804. The maximum atomic E-state index is 11.8. The number of nitrogens with one attached hydrogen (secondary N) is 1. The second-order valence-corrected chi connectivity index (χ2v) is 8.36. The predicted octanol–water partition coefficient (Wildman–Crippen LogP) is 5.23. The van der Waals surface area contributed by atoms with Crippen molar-refractivity contribution in [2.45, 2.75) is 10.6 Å². The zero-order valence-corrected chi connectivity index (χ0v) is 15.9. The fourth-order valence-electron chi connectivity index (χ4n) is 2.06. The van der Waals surface area contributed by atoms with Crippen LogP contribution in [0.2, 0.25) is 0 Å². The van der Waals surface area contributed by atoms with E-state index < -0.39 is 0 Å². The number of thiocarbonyl (C=S) groups is 1. The summed E-state index contributed by atoms with van der Waals surface area (Å²) in [6.45, 7) is 0. The third-order valence-electron chi connectivity index (χ3n) is 3.19. The normalized spacial score (nSPS) is 16.0. The molecule has 0 aliphatic carbocycles. The summed E-state index contributed by atoms with van der Waals surface area (Å²) in [4.78, 5) is 13.6. The number of amides is 1. The van der Waals surface area contributed by atoms with Crippen molar-refractivity contribution in [1.29, 1.82) is 0 Å². The van der Waals surface area contributed by atoms with E-state index in [-0.39, 0.29) is 5.91 Å². The van der Waals surface area contributed by atoms with E-state index >= 15 is 0 Å². The molecule has 0 saturated carbocycles. The molecule has 0 radical (unpaired) electrons. The van der Waals surface area contributed by atoms with Crippen LogP contribution in [0.3, 0.4) is 0 Å². The van der Waals surface area contributed by atoms with Crippen LogP contribution in [-0.4, -0.2) is 10.2 Å². The summed E-state index contributed by atoms with van der Waals surface area (Å²) in [5.74, 6) is 0.741. The molecule has 1 aliphatic rings. The van der Waals surface area contributed by atoms with Gasteiger partial charge in [0.15, 0.2) is 0 Å². The molecule has 0 spiro atoms. The maximum absolute atomic E-state index is 11.8. The number of benzene rings is 2. The van der Waals surface area contributed by atoms with Crippen LogP contribution in [0.1, 0.15) is 11.1 Å². The van der Waals surface area contributed by atoms with E-state index in [9.17, 15) is 4.79 Å². The summed E-state index contributed by atoms with van der Waals surface area (Å²) in [5, 5.41) is 2.65. The standard InChI is InChI=1S/C17H12BrNOS3/c18-13-7-3-1-6-12(13)10-22-14-8-4-2-5-11(14)9-15-16(20)19-17(21)23-15/h1-9H,10H2,(H,19,20,21). The number of carbonyl (C=O) groups is 1. The Morgan fingerprint density at radius 1 is 1.17 bits per heavy atom. The molecule has 1 N–H and O–H groups in total. The number of hydrogen-bond donors (Lipinski definition) is 1. The van der Waals surface area contributed by atoms with Gasteiger partial charge in [-0.3, -0.25) is 4.79 Å². The molecule has 1 heterocycles. The van der Waals surface area contributed by atoms with E-state index in [0.717, 1.165) is 20.7 Å². The molecular weight excluding hydrogens is 410 g/mol. The summed E-state index contributed by atoms with van der Waals surface area (Å²) < 4.78 is 1.62. The van der Waals surface area contributed by atoms with Crippen LogP contribution in [0.5, 0.6) is 0 Å². The fraction of sp³-hybridized carbons (Fsp3) is 0.0588. The first-order valence-corrected chi connectivity index (χ1v) is 9.84. The molecule has 3 rings (SSSR count). The molecule has 1 saturated heterocycles. The lowest BCUT2D eigenvalue weighted by Gasteiger charge is -2.07. The van der Waals surface area contributed by atoms with Crippen LogP contribution in [-0.2, 0) is 10.5 Å². The number of rotatable bonds is 4. The molecule has 116 valence electrons. The van der Waals surface area contributed by atoms with Gasteiger partial charge in [-0.15, -0.1) is 11.8 Å². The van der Waals surface area contributed by atoms with Gasteiger partial charge in [-0.25, -0.2) is 0 Å². The van der Waals surface area contributed by atoms with Crippen molar-refractivity contribution in [2.24, 2.45) is 0 Å². The summed E-state index contributed by atoms with van der Waals surface area (Å²) in [6.07, 6.45) is 1.90. The van der Waals surface area contributed by atoms with E-state index in [0.29, 0.717) is 9.23 Å². The smallest absolute Gasteiger partial charge is 0.263 e. The zero-order valence-electron chi connectivity index (χ0n) is 11.9. The van der Waals surface area contributed by atoms with Crippen LogP contribution < -0.4 is 5.32 Å². The molecule has 0 unspecified atom stereocenters. The van der Waals surface area contributed by atoms with E-state index in [1.54, 1.807) is 11.8 Å². The lowest BCUT2D eigenvalue weighted by Crippen LogP contribution is -2.17. The largest absolute Gasteiger partial charge is 0.307 e. The van der Waals surface area contributed by atoms with E-state index in [1.807, 2.05) is 42.5 Å². The van der Waals surface area contributed by atoms with Crippen LogP contribution in [0.15, 0.2) is 62.8 Å². The van der Waals surface area contributed by atoms with Crippen LogP contribution >= 0.6 is 51.7 Å². The SMILES string of the molecule is O=C1NC(=S)SC1=Cc1ccccc1SCc1ccccc1Br. The fourth-order valence-corrected chi connectivity index (χ4v) is 4.74. The van der Waals surface area contributed by atoms with Gasteiger partial charge in [-0.2, -0.15) is 0 Å². The lowest BCUT2D eigenvalue weighted by molar-refractivity contribution is -0.115. The van der Waals surface area contributed by atoms with Crippen LogP contribution in [0.4, 0.5) is 0 Å². The van der Waals surface area contributed by atoms with Gasteiger partial charge in [0.25, 0.3) is 5.91 Å². The zero-order chi connectivity index (χ0) is 16.2. The number of halogens is 1. The average Bonchev–Trinajstić information content (AvgIpc) is 2.85. The first kappa shape index (κ1) is 16.8. The number of hydrogen-bond acceptors (Lipinski definition) is 4. The third kappa shape index (κ3) is 4.26. The second kappa shape index (κ2) is 7.66. The molecule has 2 aromatic carbocycles. The molecule has 2 aromatic rings. The third-order valence-corrected chi connectivity index (χ3v) is 6.26. The van der Waals surface area contributed by atoms with Crippen molar-refractivity contribution in [3.8, 4) is 0 Å². The maximum Gasteiger partial charge on any atom is 0.263 e. The first-order valence-electron chi connectivity index (χ1n) is 6.83. The van der Waals surface area contributed by atoms with Crippen molar-refractivity contribution in [1.82, 2.24) is 5.32 Å². The molecule has 1 amide bonds. The van der Waals surface area contributed by atoms with Crippen LogP contribution in [0.25, 0.3) is 6.08 Å². The Balaban J connectivity index is 1.81. The number of thioether (sulfide) groups is 2. The quantitative estimate of drug-likeness (QED) is 0.415. The van der Waals surface area contributed by atoms with Gasteiger partial charge in [0.1, 0.15) is 4.32 Å². The van der Waals surface area contributed by atoms with Crippen molar-refractivity contribution >= 4 is 68.0 Å².